The smallest absolute Gasteiger partial charge is 0.312 e. The van der Waals surface area contributed by atoms with Crippen LogP contribution in [0.4, 0.5) is 0 Å². The van der Waals surface area contributed by atoms with Crippen molar-refractivity contribution >= 4 is 15.8 Å². The summed E-state index contributed by atoms with van der Waals surface area (Å²) in [6, 6.07) is 4.60. The summed E-state index contributed by atoms with van der Waals surface area (Å²) in [7, 11) is -1.15. The molecule has 0 heterocycles. The van der Waals surface area contributed by atoms with Crippen LogP contribution in [-0.4, -0.2) is 33.6 Å². The molecule has 1 N–H and O–H groups in total. The van der Waals surface area contributed by atoms with Crippen LogP contribution in [0.3, 0.4) is 0 Å². The fourth-order valence-corrected chi connectivity index (χ4v) is 4.22. The number of nitrogens with one attached hydrogen (secondary N) is 1. The maximum Gasteiger partial charge on any atom is 0.312 e. The highest BCUT2D eigenvalue weighted by Crippen LogP contribution is 2.41. The molecule has 2 rings (SSSR count). The van der Waals surface area contributed by atoms with Crippen LogP contribution in [0.5, 0.6) is 17.2 Å². The lowest BCUT2D eigenvalue weighted by atomic mass is 10.0. The first-order valence-electron chi connectivity index (χ1n) is 7.62. The van der Waals surface area contributed by atoms with Gasteiger partial charge in [-0.15, -0.1) is 0 Å². The predicted octanol–water partition coefficient (Wildman–Crippen LogP) is 2.64. The van der Waals surface area contributed by atoms with Gasteiger partial charge in [-0.2, -0.15) is 13.7 Å². The van der Waals surface area contributed by atoms with Crippen molar-refractivity contribution < 1.29 is 22.1 Å². The molecule has 1 fully saturated rings. The molecule has 0 aliphatic heterocycles. The summed E-state index contributed by atoms with van der Waals surface area (Å²) in [5, 5.41) is 16.1. The van der Waals surface area contributed by atoms with Gasteiger partial charge in [0.25, 0.3) is 0 Å². The zero-order chi connectivity index (χ0) is 17.7. The summed E-state index contributed by atoms with van der Waals surface area (Å²) in [5.41, 5.74) is -0.362. The molecule has 8 heteroatoms. The lowest BCUT2D eigenvalue weighted by molar-refractivity contribution is 0.340. The third kappa shape index (κ3) is 3.62. The number of rotatable bonds is 6. The average Bonchev–Trinajstić information content (AvgIpc) is 2.61. The fourth-order valence-electron chi connectivity index (χ4n) is 2.78. The maximum absolute atomic E-state index is 12.6. The largest absolute Gasteiger partial charge is 0.493 e. The average molecular weight is 352 g/mol. The van der Waals surface area contributed by atoms with Crippen molar-refractivity contribution in [2.24, 2.45) is 0 Å². The van der Waals surface area contributed by atoms with Crippen LogP contribution < -0.4 is 13.7 Å². The summed E-state index contributed by atoms with van der Waals surface area (Å²) in [4.78, 5) is 0. The van der Waals surface area contributed by atoms with Crippen molar-refractivity contribution in [1.29, 1.82) is 10.7 Å². The van der Waals surface area contributed by atoms with Gasteiger partial charge >= 0.3 is 10.1 Å². The molecule has 0 radical (unpaired) electrons. The van der Waals surface area contributed by atoms with Crippen LogP contribution in [0, 0.1) is 16.7 Å². The monoisotopic (exact) mass is 352 g/mol. The molecule has 24 heavy (non-hydrogen) atoms. The van der Waals surface area contributed by atoms with E-state index in [-0.39, 0.29) is 22.8 Å². The van der Waals surface area contributed by atoms with E-state index in [1.807, 2.05) is 0 Å². The van der Waals surface area contributed by atoms with Crippen molar-refractivity contribution in [2.75, 3.05) is 14.2 Å². The molecular formula is C16H20N2O5S. The van der Waals surface area contributed by atoms with E-state index in [2.05, 4.69) is 0 Å². The number of benzene rings is 1. The topological polar surface area (TPSA) is 109 Å². The highest BCUT2D eigenvalue weighted by atomic mass is 32.2. The molecule has 0 amide bonds. The second-order valence-corrected chi connectivity index (χ2v) is 7.32. The summed E-state index contributed by atoms with van der Waals surface area (Å²) in [5.74, 6) is 0.143. The normalized spacial score (nSPS) is 15.4. The Morgan fingerprint density at radius 1 is 1.17 bits per heavy atom. The Bertz CT molecular complexity index is 761. The molecule has 130 valence electrons. The van der Waals surface area contributed by atoms with Crippen molar-refractivity contribution in [3.8, 4) is 23.3 Å². The van der Waals surface area contributed by atoms with Crippen molar-refractivity contribution in [3.05, 3.63) is 17.7 Å². The number of ether oxygens (including phenoxy) is 2. The zero-order valence-corrected chi connectivity index (χ0v) is 14.5. The van der Waals surface area contributed by atoms with Gasteiger partial charge in [0.05, 0.1) is 25.0 Å². The summed E-state index contributed by atoms with van der Waals surface area (Å²) >= 11 is 0. The Hall–Kier alpha value is -2.27. The molecule has 0 aromatic heterocycles. The Morgan fingerprint density at radius 2 is 1.83 bits per heavy atom. The molecule has 1 aliphatic rings. The van der Waals surface area contributed by atoms with E-state index >= 15 is 0 Å². The number of methoxy groups -OCH3 is 2. The van der Waals surface area contributed by atoms with Gasteiger partial charge in [-0.05, 0) is 25.0 Å². The molecular weight excluding hydrogens is 332 g/mol. The van der Waals surface area contributed by atoms with Crippen LogP contribution in [0.1, 0.15) is 37.7 Å². The molecule has 0 bridgehead atoms. The molecule has 1 aliphatic carbocycles. The quantitative estimate of drug-likeness (QED) is 0.622. The van der Waals surface area contributed by atoms with Crippen molar-refractivity contribution in [2.45, 2.75) is 37.4 Å². The zero-order valence-electron chi connectivity index (χ0n) is 13.7. The summed E-state index contributed by atoms with van der Waals surface area (Å²) < 4.78 is 40.9. The summed E-state index contributed by atoms with van der Waals surface area (Å²) in [6.07, 6.45) is 3.77. The van der Waals surface area contributed by atoms with Gasteiger partial charge in [-0.3, -0.25) is 5.41 Å². The SMILES string of the molecule is COc1ccc(C(=N)C#N)c(OS(=O)(=O)C2CCCCC2)c1OC. The Balaban J connectivity index is 2.50. The van der Waals surface area contributed by atoms with Gasteiger partial charge in [-0.25, -0.2) is 0 Å². The highest BCUT2D eigenvalue weighted by molar-refractivity contribution is 7.87. The Labute approximate surface area is 141 Å². The van der Waals surface area contributed by atoms with Gasteiger partial charge in [0.1, 0.15) is 11.8 Å². The van der Waals surface area contributed by atoms with Gasteiger partial charge in [-0.1, -0.05) is 19.3 Å². The second-order valence-electron chi connectivity index (χ2n) is 5.50. The second kappa shape index (κ2) is 7.53. The first-order chi connectivity index (χ1) is 11.4. The lowest BCUT2D eigenvalue weighted by Gasteiger charge is -2.23. The molecule has 1 aromatic rings. The van der Waals surface area contributed by atoms with E-state index in [1.165, 1.54) is 26.4 Å². The number of nitrogens with zero attached hydrogens (tertiary/aromatic N) is 1. The third-order valence-corrected chi connectivity index (χ3v) is 5.73. The molecule has 1 saturated carbocycles. The maximum atomic E-state index is 12.6. The Morgan fingerprint density at radius 3 is 2.38 bits per heavy atom. The van der Waals surface area contributed by atoms with Crippen LogP contribution >= 0.6 is 0 Å². The van der Waals surface area contributed by atoms with Crippen molar-refractivity contribution in [1.82, 2.24) is 0 Å². The third-order valence-electron chi connectivity index (χ3n) is 4.04. The lowest BCUT2D eigenvalue weighted by Crippen LogP contribution is -2.28. The number of nitriles is 1. The molecule has 0 unspecified atom stereocenters. The van der Waals surface area contributed by atoms with E-state index in [9.17, 15) is 8.42 Å². The molecule has 0 atom stereocenters. The molecule has 1 aromatic carbocycles. The van der Waals surface area contributed by atoms with Crippen LogP contribution in [0.2, 0.25) is 0 Å². The van der Waals surface area contributed by atoms with E-state index in [4.69, 9.17) is 24.3 Å². The fraction of sp³-hybridized carbons (Fsp3) is 0.500. The van der Waals surface area contributed by atoms with E-state index in [0.717, 1.165) is 19.3 Å². The highest BCUT2D eigenvalue weighted by Gasteiger charge is 2.32. The van der Waals surface area contributed by atoms with E-state index in [0.29, 0.717) is 12.8 Å². The van der Waals surface area contributed by atoms with Gasteiger partial charge in [0.15, 0.2) is 11.5 Å². The first-order valence-corrected chi connectivity index (χ1v) is 9.09. The van der Waals surface area contributed by atoms with Crippen LogP contribution in [0.25, 0.3) is 0 Å². The first kappa shape index (κ1) is 18.1. The van der Waals surface area contributed by atoms with E-state index < -0.39 is 21.1 Å². The van der Waals surface area contributed by atoms with Gasteiger partial charge < -0.3 is 13.7 Å². The molecule has 0 spiro atoms. The van der Waals surface area contributed by atoms with Crippen molar-refractivity contribution in [3.63, 3.8) is 0 Å². The summed E-state index contributed by atoms with van der Waals surface area (Å²) in [6.45, 7) is 0. The number of hydrogen-bond donors (Lipinski definition) is 1. The van der Waals surface area contributed by atoms with Gasteiger partial charge in [0, 0.05) is 0 Å². The molecule has 0 saturated heterocycles. The standard InChI is InChI=1S/C16H20N2O5S/c1-21-14-9-8-12(13(18)10-17)15(16(14)22-2)23-24(19,20)11-6-4-3-5-7-11/h8-9,11,18H,3-7H2,1-2H3. The van der Waals surface area contributed by atoms with Crippen LogP contribution in [0.15, 0.2) is 12.1 Å². The Kier molecular flexibility index (Phi) is 5.67. The minimum atomic E-state index is -3.90. The van der Waals surface area contributed by atoms with Crippen LogP contribution in [-0.2, 0) is 10.1 Å². The minimum absolute atomic E-state index is 0.0504. The van der Waals surface area contributed by atoms with E-state index in [1.54, 1.807) is 6.07 Å². The number of hydrogen-bond acceptors (Lipinski definition) is 7. The predicted molar refractivity (Wildman–Crippen MR) is 88.4 cm³/mol. The minimum Gasteiger partial charge on any atom is -0.493 e. The molecule has 7 nitrogen and oxygen atoms in total. The van der Waals surface area contributed by atoms with Gasteiger partial charge in [0.2, 0.25) is 5.75 Å².